The summed E-state index contributed by atoms with van der Waals surface area (Å²) in [5.41, 5.74) is 1.84. The summed E-state index contributed by atoms with van der Waals surface area (Å²) < 4.78 is 10.7. The number of hydrogen-bond donors (Lipinski definition) is 1. The van der Waals surface area contributed by atoms with E-state index >= 15 is 0 Å². The number of nitrogens with zero attached hydrogens (tertiary/aromatic N) is 2. The molecule has 0 saturated carbocycles. The molecule has 1 N–H and O–H groups in total. The maximum atomic E-state index is 5.45. The fraction of sp³-hybridized carbons (Fsp3) is 0.333. The van der Waals surface area contributed by atoms with E-state index in [1.807, 2.05) is 38.2 Å². The molecule has 0 bridgehead atoms. The Bertz CT molecular complexity index is 543. The number of methoxy groups -OCH3 is 1. The Morgan fingerprint density at radius 2 is 1.85 bits per heavy atom. The van der Waals surface area contributed by atoms with Gasteiger partial charge < -0.3 is 14.8 Å². The van der Waals surface area contributed by atoms with Gasteiger partial charge in [-0.25, -0.2) is 4.98 Å². The van der Waals surface area contributed by atoms with E-state index in [0.717, 1.165) is 17.0 Å². The maximum absolute atomic E-state index is 5.45. The van der Waals surface area contributed by atoms with Crippen molar-refractivity contribution in [3.63, 3.8) is 0 Å². The minimum Gasteiger partial charge on any atom is -0.494 e. The molecule has 0 fully saturated rings. The van der Waals surface area contributed by atoms with Crippen LogP contribution in [0.3, 0.4) is 0 Å². The van der Waals surface area contributed by atoms with Crippen LogP contribution in [0.15, 0.2) is 36.7 Å². The molecule has 2 aromatic rings. The molecule has 5 heteroatoms. The Hall–Kier alpha value is -2.14. The lowest BCUT2D eigenvalue weighted by atomic mass is 10.0. The van der Waals surface area contributed by atoms with Crippen LogP contribution in [0.4, 0.5) is 0 Å². The average molecular weight is 273 g/mol. The third-order valence-corrected chi connectivity index (χ3v) is 2.97. The van der Waals surface area contributed by atoms with Crippen molar-refractivity contribution in [2.75, 3.05) is 20.8 Å². The average Bonchev–Trinajstić information content (AvgIpc) is 2.50. The van der Waals surface area contributed by atoms with Gasteiger partial charge in [0, 0.05) is 12.4 Å². The zero-order chi connectivity index (χ0) is 14.4. The number of rotatable bonds is 6. The topological polar surface area (TPSA) is 56.3 Å². The Morgan fingerprint density at radius 3 is 2.45 bits per heavy atom. The second kappa shape index (κ2) is 6.86. The predicted molar refractivity (Wildman–Crippen MR) is 77.1 cm³/mol. The molecule has 0 amide bonds. The minimum absolute atomic E-state index is 0.0747. The number of nitrogens with one attached hydrogen (secondary N) is 1. The molecule has 106 valence electrons. The molecule has 0 aliphatic heterocycles. The second-order valence-electron chi connectivity index (χ2n) is 4.17. The van der Waals surface area contributed by atoms with Gasteiger partial charge in [0.2, 0.25) is 5.88 Å². The Labute approximate surface area is 119 Å². The van der Waals surface area contributed by atoms with E-state index in [4.69, 9.17) is 9.47 Å². The number of benzene rings is 1. The van der Waals surface area contributed by atoms with Crippen molar-refractivity contribution >= 4 is 0 Å². The zero-order valence-electron chi connectivity index (χ0n) is 12.0. The van der Waals surface area contributed by atoms with Gasteiger partial charge in [0.25, 0.3) is 0 Å². The Morgan fingerprint density at radius 1 is 1.15 bits per heavy atom. The Kier molecular flexibility index (Phi) is 4.90. The van der Waals surface area contributed by atoms with E-state index in [1.54, 1.807) is 19.5 Å². The molecule has 1 aromatic carbocycles. The summed E-state index contributed by atoms with van der Waals surface area (Å²) in [6.45, 7) is 2.63. The van der Waals surface area contributed by atoms with E-state index in [-0.39, 0.29) is 6.04 Å². The summed E-state index contributed by atoms with van der Waals surface area (Å²) in [6.07, 6.45) is 3.28. The summed E-state index contributed by atoms with van der Waals surface area (Å²) >= 11 is 0. The molecule has 1 unspecified atom stereocenters. The maximum Gasteiger partial charge on any atom is 0.237 e. The molecule has 2 rings (SSSR count). The first-order valence-corrected chi connectivity index (χ1v) is 6.55. The highest BCUT2D eigenvalue weighted by atomic mass is 16.5. The van der Waals surface area contributed by atoms with Crippen LogP contribution in [-0.2, 0) is 0 Å². The largest absolute Gasteiger partial charge is 0.494 e. The third kappa shape index (κ3) is 3.05. The molecule has 0 saturated heterocycles. The smallest absolute Gasteiger partial charge is 0.237 e. The summed E-state index contributed by atoms with van der Waals surface area (Å²) in [5, 5.41) is 3.24. The monoisotopic (exact) mass is 273 g/mol. The number of ether oxygens (including phenoxy) is 2. The first-order chi connectivity index (χ1) is 9.80. The van der Waals surface area contributed by atoms with Crippen molar-refractivity contribution in [3.05, 3.63) is 47.9 Å². The van der Waals surface area contributed by atoms with Crippen molar-refractivity contribution in [3.8, 4) is 11.6 Å². The quantitative estimate of drug-likeness (QED) is 0.874. The van der Waals surface area contributed by atoms with E-state index in [2.05, 4.69) is 15.3 Å². The molecule has 5 nitrogen and oxygen atoms in total. The fourth-order valence-electron chi connectivity index (χ4n) is 2.08. The van der Waals surface area contributed by atoms with Gasteiger partial charge in [0.1, 0.15) is 11.4 Å². The van der Waals surface area contributed by atoms with Gasteiger partial charge in [0.05, 0.1) is 19.8 Å². The van der Waals surface area contributed by atoms with Gasteiger partial charge in [0.15, 0.2) is 0 Å². The van der Waals surface area contributed by atoms with Crippen molar-refractivity contribution in [2.24, 2.45) is 0 Å². The molecule has 0 spiro atoms. The number of hydrogen-bond acceptors (Lipinski definition) is 5. The van der Waals surface area contributed by atoms with E-state index in [1.165, 1.54) is 0 Å². The number of aromatic nitrogens is 2. The van der Waals surface area contributed by atoms with Crippen molar-refractivity contribution in [1.82, 2.24) is 15.3 Å². The van der Waals surface area contributed by atoms with Gasteiger partial charge in [-0.1, -0.05) is 12.1 Å². The van der Waals surface area contributed by atoms with Crippen molar-refractivity contribution in [2.45, 2.75) is 13.0 Å². The molecule has 1 heterocycles. The van der Waals surface area contributed by atoms with Crippen LogP contribution < -0.4 is 14.8 Å². The molecular formula is C15H19N3O2. The molecule has 0 aliphatic rings. The normalized spacial score (nSPS) is 11.9. The highest BCUT2D eigenvalue weighted by Crippen LogP contribution is 2.27. The van der Waals surface area contributed by atoms with Crippen LogP contribution in [0.1, 0.15) is 24.2 Å². The first kappa shape index (κ1) is 14.3. The standard InChI is InChI=1S/C15H19N3O2/c1-4-20-12-7-5-11(6-8-12)13(16-2)14-15(19-3)18-10-9-17-14/h5-10,13,16H,4H2,1-3H3. The molecule has 1 aromatic heterocycles. The summed E-state index contributed by atoms with van der Waals surface area (Å²) in [5.74, 6) is 1.39. The lowest BCUT2D eigenvalue weighted by Crippen LogP contribution is -2.20. The fourth-order valence-corrected chi connectivity index (χ4v) is 2.08. The lowest BCUT2D eigenvalue weighted by Gasteiger charge is -2.18. The predicted octanol–water partition coefficient (Wildman–Crippen LogP) is 2.19. The van der Waals surface area contributed by atoms with Crippen LogP contribution in [0.2, 0.25) is 0 Å². The van der Waals surface area contributed by atoms with Gasteiger partial charge in [-0.3, -0.25) is 4.98 Å². The van der Waals surface area contributed by atoms with E-state index in [0.29, 0.717) is 12.5 Å². The van der Waals surface area contributed by atoms with Crippen molar-refractivity contribution < 1.29 is 9.47 Å². The lowest BCUT2D eigenvalue weighted by molar-refractivity contribution is 0.340. The third-order valence-electron chi connectivity index (χ3n) is 2.97. The van der Waals surface area contributed by atoms with Crippen molar-refractivity contribution in [1.29, 1.82) is 0 Å². The highest BCUT2D eigenvalue weighted by Gasteiger charge is 2.18. The molecular weight excluding hydrogens is 254 g/mol. The van der Waals surface area contributed by atoms with Crippen LogP contribution in [0, 0.1) is 0 Å². The minimum atomic E-state index is -0.0747. The zero-order valence-corrected chi connectivity index (χ0v) is 12.0. The molecule has 0 radical (unpaired) electrons. The summed E-state index contributed by atoms with van der Waals surface area (Å²) in [7, 11) is 3.48. The highest BCUT2D eigenvalue weighted by molar-refractivity contribution is 5.36. The van der Waals surface area contributed by atoms with Crippen LogP contribution >= 0.6 is 0 Å². The molecule has 1 atom stereocenters. The van der Waals surface area contributed by atoms with Crippen LogP contribution in [-0.4, -0.2) is 30.7 Å². The Balaban J connectivity index is 2.31. The van der Waals surface area contributed by atoms with E-state index < -0.39 is 0 Å². The SMILES string of the molecule is CCOc1ccc(C(NC)c2nccnc2OC)cc1. The van der Waals surface area contributed by atoms with Gasteiger partial charge in [-0.15, -0.1) is 0 Å². The second-order valence-corrected chi connectivity index (χ2v) is 4.17. The van der Waals surface area contributed by atoms with E-state index in [9.17, 15) is 0 Å². The van der Waals surface area contributed by atoms with Crippen LogP contribution in [0.25, 0.3) is 0 Å². The van der Waals surface area contributed by atoms with Gasteiger partial charge in [-0.2, -0.15) is 0 Å². The van der Waals surface area contributed by atoms with Crippen LogP contribution in [0.5, 0.6) is 11.6 Å². The van der Waals surface area contributed by atoms with Gasteiger partial charge in [-0.05, 0) is 31.7 Å². The molecule has 20 heavy (non-hydrogen) atoms. The van der Waals surface area contributed by atoms with Gasteiger partial charge >= 0.3 is 0 Å². The first-order valence-electron chi connectivity index (χ1n) is 6.55. The molecule has 0 aliphatic carbocycles. The summed E-state index contributed by atoms with van der Waals surface area (Å²) in [6, 6.07) is 7.85. The summed E-state index contributed by atoms with van der Waals surface area (Å²) in [4.78, 5) is 8.56.